The molecule has 1 aliphatic carbocycles. The molecule has 29 heavy (non-hydrogen) atoms. The van der Waals surface area contributed by atoms with Gasteiger partial charge >= 0.3 is 0 Å². The number of fused-ring (bicyclic) bond motifs is 1. The fourth-order valence-corrected chi connectivity index (χ4v) is 5.39. The fraction of sp³-hybridized carbons (Fsp3) is 0.304. The van der Waals surface area contributed by atoms with Crippen molar-refractivity contribution in [3.8, 4) is 5.00 Å². The Kier molecular flexibility index (Phi) is 5.28. The molecule has 0 saturated carbocycles. The van der Waals surface area contributed by atoms with Gasteiger partial charge in [0.2, 0.25) is 0 Å². The SMILES string of the molecule is Cc1ccc(C(=O)NNC(=O)c2c(-n3c(C)ccc3C)sc3c2CCCC3)cc1. The van der Waals surface area contributed by atoms with E-state index in [1.165, 1.54) is 4.88 Å². The van der Waals surface area contributed by atoms with Crippen molar-refractivity contribution in [3.05, 3.63) is 74.9 Å². The number of hydrazine groups is 1. The highest BCUT2D eigenvalue weighted by Crippen LogP contribution is 2.38. The summed E-state index contributed by atoms with van der Waals surface area (Å²) in [7, 11) is 0. The number of amides is 2. The molecule has 0 spiro atoms. The van der Waals surface area contributed by atoms with Gasteiger partial charge in [0, 0.05) is 21.8 Å². The molecule has 1 aromatic carbocycles. The average Bonchev–Trinajstić information content (AvgIpc) is 3.25. The molecule has 0 unspecified atom stereocenters. The Morgan fingerprint density at radius 2 is 1.48 bits per heavy atom. The van der Waals surface area contributed by atoms with Crippen LogP contribution in [0.25, 0.3) is 5.00 Å². The lowest BCUT2D eigenvalue weighted by Crippen LogP contribution is -2.42. The molecule has 0 radical (unpaired) electrons. The van der Waals surface area contributed by atoms with Crippen LogP contribution in [0.1, 0.15) is 60.9 Å². The van der Waals surface area contributed by atoms with Gasteiger partial charge in [-0.15, -0.1) is 11.3 Å². The summed E-state index contributed by atoms with van der Waals surface area (Å²) in [5.74, 6) is -0.579. The Hall–Kier alpha value is -2.86. The lowest BCUT2D eigenvalue weighted by atomic mass is 9.95. The molecule has 2 N–H and O–H groups in total. The Balaban J connectivity index is 1.63. The second-order valence-electron chi connectivity index (χ2n) is 7.62. The second-order valence-corrected chi connectivity index (χ2v) is 8.70. The van der Waals surface area contributed by atoms with Gasteiger partial charge in [-0.2, -0.15) is 0 Å². The molecule has 0 atom stereocenters. The molecule has 0 fully saturated rings. The molecule has 5 nitrogen and oxygen atoms in total. The normalized spacial score (nSPS) is 13.1. The first-order valence-corrected chi connectivity index (χ1v) is 10.7. The molecule has 0 saturated heterocycles. The van der Waals surface area contributed by atoms with Gasteiger partial charge in [-0.1, -0.05) is 17.7 Å². The molecule has 2 heterocycles. The standard InChI is InChI=1S/C23H25N3O2S/c1-14-8-12-17(13-9-14)21(27)24-25-22(28)20-18-6-4-5-7-19(18)29-23(20)26-15(2)10-11-16(26)3/h8-13H,4-7H2,1-3H3,(H,24,27)(H,25,28). The summed E-state index contributed by atoms with van der Waals surface area (Å²) in [5.41, 5.74) is 10.8. The van der Waals surface area contributed by atoms with Crippen molar-refractivity contribution in [1.82, 2.24) is 15.4 Å². The zero-order valence-electron chi connectivity index (χ0n) is 17.0. The van der Waals surface area contributed by atoms with Crippen molar-refractivity contribution in [2.45, 2.75) is 46.5 Å². The maximum atomic E-state index is 13.2. The summed E-state index contributed by atoms with van der Waals surface area (Å²) < 4.78 is 2.14. The Bertz CT molecular complexity index is 1060. The third-order valence-corrected chi connectivity index (χ3v) is 6.73. The lowest BCUT2D eigenvalue weighted by Gasteiger charge is -2.14. The van der Waals surface area contributed by atoms with Crippen molar-refractivity contribution in [1.29, 1.82) is 0 Å². The van der Waals surface area contributed by atoms with Crippen LogP contribution in [-0.4, -0.2) is 16.4 Å². The molecular weight excluding hydrogens is 382 g/mol. The molecular formula is C23H25N3O2S. The van der Waals surface area contributed by atoms with E-state index in [1.54, 1.807) is 23.5 Å². The minimum Gasteiger partial charge on any atom is -0.309 e. The summed E-state index contributed by atoms with van der Waals surface area (Å²) in [5, 5.41) is 0.944. The highest BCUT2D eigenvalue weighted by molar-refractivity contribution is 7.15. The van der Waals surface area contributed by atoms with Gasteiger partial charge < -0.3 is 4.57 Å². The summed E-state index contributed by atoms with van der Waals surface area (Å²) in [6.45, 7) is 6.06. The Morgan fingerprint density at radius 3 is 2.17 bits per heavy atom. The van der Waals surface area contributed by atoms with E-state index in [1.807, 2.05) is 32.9 Å². The molecule has 2 aromatic heterocycles. The van der Waals surface area contributed by atoms with Gasteiger partial charge in [0.05, 0.1) is 5.56 Å². The van der Waals surface area contributed by atoms with Crippen LogP contribution in [0.2, 0.25) is 0 Å². The Labute approximate surface area is 174 Å². The third-order valence-electron chi connectivity index (χ3n) is 5.46. The zero-order valence-corrected chi connectivity index (χ0v) is 17.8. The first-order valence-electron chi connectivity index (χ1n) is 9.93. The average molecular weight is 408 g/mol. The number of carbonyl (C=O) groups excluding carboxylic acids is 2. The summed E-state index contributed by atoms with van der Waals surface area (Å²) in [4.78, 5) is 26.9. The predicted octanol–water partition coefficient (Wildman–Crippen LogP) is 4.42. The smallest absolute Gasteiger partial charge is 0.273 e. The number of aromatic nitrogens is 1. The number of nitrogens with zero attached hydrogens (tertiary/aromatic N) is 1. The molecule has 1 aliphatic rings. The number of thiophene rings is 1. The monoisotopic (exact) mass is 407 g/mol. The summed E-state index contributed by atoms with van der Waals surface area (Å²) >= 11 is 1.70. The van der Waals surface area contributed by atoms with Crippen LogP contribution in [0.5, 0.6) is 0 Å². The van der Waals surface area contributed by atoms with Crippen LogP contribution in [0.3, 0.4) is 0 Å². The van der Waals surface area contributed by atoms with Gasteiger partial charge in [0.25, 0.3) is 11.8 Å². The first kappa shape index (κ1) is 19.5. The van der Waals surface area contributed by atoms with Gasteiger partial charge in [-0.3, -0.25) is 20.4 Å². The van der Waals surface area contributed by atoms with Crippen molar-refractivity contribution in [2.75, 3.05) is 0 Å². The van der Waals surface area contributed by atoms with Gasteiger partial charge in [-0.25, -0.2) is 0 Å². The quantitative estimate of drug-likeness (QED) is 0.632. The highest BCUT2D eigenvalue weighted by Gasteiger charge is 2.27. The van der Waals surface area contributed by atoms with E-state index in [4.69, 9.17) is 0 Å². The Morgan fingerprint density at radius 1 is 0.862 bits per heavy atom. The zero-order chi connectivity index (χ0) is 20.5. The number of aryl methyl sites for hydroxylation is 4. The minimum atomic E-state index is -0.322. The fourth-order valence-electron chi connectivity index (χ4n) is 3.89. The van der Waals surface area contributed by atoms with Crippen LogP contribution in [0.15, 0.2) is 36.4 Å². The van der Waals surface area contributed by atoms with E-state index >= 15 is 0 Å². The topological polar surface area (TPSA) is 63.1 Å². The lowest BCUT2D eigenvalue weighted by molar-refractivity contribution is 0.0846. The number of benzene rings is 1. The molecule has 150 valence electrons. The number of nitrogens with one attached hydrogen (secondary N) is 2. The maximum Gasteiger partial charge on any atom is 0.273 e. The van der Waals surface area contributed by atoms with Crippen LogP contribution < -0.4 is 10.9 Å². The largest absolute Gasteiger partial charge is 0.309 e. The van der Waals surface area contributed by atoms with Crippen LogP contribution >= 0.6 is 11.3 Å². The predicted molar refractivity (Wildman–Crippen MR) is 116 cm³/mol. The highest BCUT2D eigenvalue weighted by atomic mass is 32.1. The number of hydrogen-bond acceptors (Lipinski definition) is 3. The van der Waals surface area contributed by atoms with Crippen molar-refractivity contribution in [3.63, 3.8) is 0 Å². The van der Waals surface area contributed by atoms with Crippen LogP contribution in [0, 0.1) is 20.8 Å². The van der Waals surface area contributed by atoms with Crippen LogP contribution in [-0.2, 0) is 12.8 Å². The van der Waals surface area contributed by atoms with E-state index in [0.717, 1.165) is 53.2 Å². The number of rotatable bonds is 3. The molecule has 0 aliphatic heterocycles. The van der Waals surface area contributed by atoms with E-state index in [2.05, 4.69) is 27.6 Å². The van der Waals surface area contributed by atoms with Crippen molar-refractivity contribution in [2.24, 2.45) is 0 Å². The second kappa shape index (κ2) is 7.87. The van der Waals surface area contributed by atoms with Gasteiger partial charge in [0.1, 0.15) is 5.00 Å². The number of hydrogen-bond donors (Lipinski definition) is 2. The summed E-state index contributed by atoms with van der Waals surface area (Å²) in [6.07, 6.45) is 4.15. The third kappa shape index (κ3) is 3.72. The molecule has 0 bridgehead atoms. The van der Waals surface area contributed by atoms with Crippen LogP contribution in [0.4, 0.5) is 0 Å². The van der Waals surface area contributed by atoms with Gasteiger partial charge in [-0.05, 0) is 76.3 Å². The van der Waals surface area contributed by atoms with Gasteiger partial charge in [0.15, 0.2) is 0 Å². The van der Waals surface area contributed by atoms with E-state index in [-0.39, 0.29) is 11.8 Å². The molecule has 4 rings (SSSR count). The van der Waals surface area contributed by atoms with E-state index < -0.39 is 0 Å². The molecule has 3 aromatic rings. The first-order chi connectivity index (χ1) is 14.0. The molecule has 6 heteroatoms. The van der Waals surface area contributed by atoms with Crippen molar-refractivity contribution < 1.29 is 9.59 Å². The van der Waals surface area contributed by atoms with Crippen molar-refractivity contribution >= 4 is 23.2 Å². The van der Waals surface area contributed by atoms with E-state index in [0.29, 0.717) is 11.1 Å². The minimum absolute atomic E-state index is 0.257. The summed E-state index contributed by atoms with van der Waals surface area (Å²) in [6, 6.07) is 11.4. The van der Waals surface area contributed by atoms with E-state index in [9.17, 15) is 9.59 Å². The maximum absolute atomic E-state index is 13.2. The number of carbonyl (C=O) groups is 2. The molecule has 2 amide bonds.